The number of ether oxygens (including phenoxy) is 1. The van der Waals surface area contributed by atoms with Crippen molar-refractivity contribution in [3.63, 3.8) is 0 Å². The highest BCUT2D eigenvalue weighted by Crippen LogP contribution is 2.32. The average Bonchev–Trinajstić information content (AvgIpc) is 3.01. The molecule has 16 heavy (non-hydrogen) atoms. The molecule has 0 aromatic carbocycles. The molecule has 0 bridgehead atoms. The highest BCUT2D eigenvalue weighted by molar-refractivity contribution is 7.12. The van der Waals surface area contributed by atoms with Gasteiger partial charge in [-0.1, -0.05) is 12.8 Å². The zero-order valence-corrected chi connectivity index (χ0v) is 9.89. The van der Waals surface area contributed by atoms with Gasteiger partial charge in [-0.25, -0.2) is 5.84 Å². The van der Waals surface area contributed by atoms with Crippen molar-refractivity contribution < 1.29 is 9.53 Å². The number of carbonyl (C=O) groups is 1. The van der Waals surface area contributed by atoms with Crippen molar-refractivity contribution in [2.75, 3.05) is 6.61 Å². The Kier molecular flexibility index (Phi) is 3.93. The summed E-state index contributed by atoms with van der Waals surface area (Å²) >= 11 is 1.39. The summed E-state index contributed by atoms with van der Waals surface area (Å²) < 4.78 is 5.55. The molecule has 3 N–H and O–H groups in total. The summed E-state index contributed by atoms with van der Waals surface area (Å²) in [5.41, 5.74) is 3.06. The van der Waals surface area contributed by atoms with Crippen LogP contribution in [-0.2, 0) is 11.3 Å². The predicted octanol–water partition coefficient (Wildman–Crippen LogP) is 1.67. The van der Waals surface area contributed by atoms with Crippen molar-refractivity contribution in [3.05, 3.63) is 21.9 Å². The molecule has 88 valence electrons. The molecule has 1 aromatic heterocycles. The van der Waals surface area contributed by atoms with Gasteiger partial charge in [0.1, 0.15) is 0 Å². The molecule has 1 aromatic rings. The summed E-state index contributed by atoms with van der Waals surface area (Å²) in [7, 11) is 0. The van der Waals surface area contributed by atoms with Crippen LogP contribution in [0.3, 0.4) is 0 Å². The van der Waals surface area contributed by atoms with E-state index in [9.17, 15) is 4.79 Å². The Morgan fingerprint density at radius 1 is 1.62 bits per heavy atom. The van der Waals surface area contributed by atoms with E-state index in [1.54, 1.807) is 0 Å². The largest absolute Gasteiger partial charge is 0.377 e. The van der Waals surface area contributed by atoms with Crippen LogP contribution < -0.4 is 11.3 Å². The van der Waals surface area contributed by atoms with Crippen LogP contribution in [0.25, 0.3) is 0 Å². The summed E-state index contributed by atoms with van der Waals surface area (Å²) in [4.78, 5) is 12.0. The van der Waals surface area contributed by atoms with Crippen LogP contribution in [0.5, 0.6) is 0 Å². The summed E-state index contributed by atoms with van der Waals surface area (Å²) in [5.74, 6) is 5.74. The standard InChI is InChI=1S/C11H16N2O2S/c12-13-11(14)10-9(4-6-16-10)7-15-5-3-8-1-2-8/h4,6,8H,1-3,5,7,12H2,(H,13,14). The van der Waals surface area contributed by atoms with Crippen LogP contribution in [0, 0.1) is 5.92 Å². The number of thiophene rings is 1. The molecule has 1 fully saturated rings. The van der Waals surface area contributed by atoms with E-state index in [0.29, 0.717) is 11.5 Å². The molecule has 0 atom stereocenters. The van der Waals surface area contributed by atoms with Crippen molar-refractivity contribution in [1.82, 2.24) is 5.43 Å². The smallest absolute Gasteiger partial charge is 0.275 e. The number of carbonyl (C=O) groups excluding carboxylic acids is 1. The van der Waals surface area contributed by atoms with Crippen LogP contribution >= 0.6 is 11.3 Å². The lowest BCUT2D eigenvalue weighted by Gasteiger charge is -2.04. The van der Waals surface area contributed by atoms with Gasteiger partial charge in [-0.15, -0.1) is 11.3 Å². The zero-order chi connectivity index (χ0) is 11.4. The molecule has 4 nitrogen and oxygen atoms in total. The first-order chi connectivity index (χ1) is 7.81. The first-order valence-corrected chi connectivity index (χ1v) is 6.34. The Morgan fingerprint density at radius 3 is 3.12 bits per heavy atom. The van der Waals surface area contributed by atoms with Gasteiger partial charge in [-0.05, 0) is 23.8 Å². The molecule has 1 aliphatic carbocycles. The Labute approximate surface area is 98.8 Å². The lowest BCUT2D eigenvalue weighted by molar-refractivity contribution is 0.0942. The number of rotatable bonds is 6. The first kappa shape index (κ1) is 11.6. The van der Waals surface area contributed by atoms with Crippen molar-refractivity contribution in [3.8, 4) is 0 Å². The van der Waals surface area contributed by atoms with E-state index in [0.717, 1.165) is 24.5 Å². The number of nitrogens with two attached hydrogens (primary N) is 1. The normalized spacial score (nSPS) is 15.1. The molecule has 0 radical (unpaired) electrons. The van der Waals surface area contributed by atoms with Crippen LogP contribution in [0.15, 0.2) is 11.4 Å². The summed E-state index contributed by atoms with van der Waals surface area (Å²) in [6.45, 7) is 1.28. The van der Waals surface area contributed by atoms with Crippen molar-refractivity contribution >= 4 is 17.2 Å². The van der Waals surface area contributed by atoms with Crippen LogP contribution in [0.1, 0.15) is 34.5 Å². The monoisotopic (exact) mass is 240 g/mol. The predicted molar refractivity (Wildman–Crippen MR) is 63.0 cm³/mol. The number of hydrogen-bond donors (Lipinski definition) is 2. The molecule has 5 heteroatoms. The van der Waals surface area contributed by atoms with Crippen LogP contribution in [0.2, 0.25) is 0 Å². The van der Waals surface area contributed by atoms with Gasteiger partial charge in [0.2, 0.25) is 0 Å². The lowest BCUT2D eigenvalue weighted by atomic mass is 10.2. The minimum Gasteiger partial charge on any atom is -0.377 e. The van der Waals surface area contributed by atoms with Gasteiger partial charge in [0, 0.05) is 12.2 Å². The van der Waals surface area contributed by atoms with E-state index in [4.69, 9.17) is 10.6 Å². The third kappa shape index (κ3) is 3.04. The number of nitrogens with one attached hydrogen (secondary N) is 1. The van der Waals surface area contributed by atoms with E-state index >= 15 is 0 Å². The van der Waals surface area contributed by atoms with Crippen LogP contribution in [-0.4, -0.2) is 12.5 Å². The Balaban J connectivity index is 1.78. The highest BCUT2D eigenvalue weighted by Gasteiger charge is 2.20. The summed E-state index contributed by atoms with van der Waals surface area (Å²) in [6.07, 6.45) is 3.84. The van der Waals surface area contributed by atoms with Gasteiger partial charge in [0.25, 0.3) is 5.91 Å². The fraction of sp³-hybridized carbons (Fsp3) is 0.545. The number of amides is 1. The molecule has 2 rings (SSSR count). The maximum absolute atomic E-state index is 11.4. The Bertz CT molecular complexity index is 361. The molecule has 0 spiro atoms. The molecule has 1 aliphatic rings. The van der Waals surface area contributed by atoms with Gasteiger partial charge in [0.15, 0.2) is 0 Å². The van der Waals surface area contributed by atoms with Crippen molar-refractivity contribution in [1.29, 1.82) is 0 Å². The van der Waals surface area contributed by atoms with Gasteiger partial charge in [-0.2, -0.15) is 0 Å². The van der Waals surface area contributed by atoms with Crippen molar-refractivity contribution in [2.45, 2.75) is 25.9 Å². The van der Waals surface area contributed by atoms with Gasteiger partial charge >= 0.3 is 0 Å². The number of hydrazine groups is 1. The van der Waals surface area contributed by atoms with Crippen molar-refractivity contribution in [2.24, 2.45) is 11.8 Å². The maximum atomic E-state index is 11.4. The van der Waals surface area contributed by atoms with Gasteiger partial charge < -0.3 is 4.74 Å². The number of hydrogen-bond acceptors (Lipinski definition) is 4. The van der Waals surface area contributed by atoms with Gasteiger partial charge in [-0.3, -0.25) is 10.2 Å². The summed E-state index contributed by atoms with van der Waals surface area (Å²) in [6, 6.07) is 1.91. The SMILES string of the molecule is NNC(=O)c1sccc1COCCC1CC1. The molecule has 1 heterocycles. The number of nitrogen functional groups attached to an aromatic ring is 1. The molecular weight excluding hydrogens is 224 g/mol. The topological polar surface area (TPSA) is 64.3 Å². The lowest BCUT2D eigenvalue weighted by Crippen LogP contribution is -2.30. The quantitative estimate of drug-likeness (QED) is 0.344. The zero-order valence-electron chi connectivity index (χ0n) is 9.07. The highest BCUT2D eigenvalue weighted by atomic mass is 32.1. The maximum Gasteiger partial charge on any atom is 0.275 e. The molecular formula is C11H16N2O2S. The van der Waals surface area contributed by atoms with Crippen LogP contribution in [0.4, 0.5) is 0 Å². The van der Waals surface area contributed by atoms with E-state index in [2.05, 4.69) is 5.43 Å². The third-order valence-electron chi connectivity index (χ3n) is 2.71. The average molecular weight is 240 g/mol. The minimum absolute atomic E-state index is 0.240. The minimum atomic E-state index is -0.240. The second kappa shape index (κ2) is 5.43. The fourth-order valence-electron chi connectivity index (χ4n) is 1.55. The Morgan fingerprint density at radius 2 is 2.44 bits per heavy atom. The molecule has 0 saturated heterocycles. The molecule has 1 amide bonds. The molecule has 0 unspecified atom stereocenters. The molecule has 0 aliphatic heterocycles. The Hall–Kier alpha value is -0.910. The fourth-order valence-corrected chi connectivity index (χ4v) is 2.37. The van der Waals surface area contributed by atoms with E-state index in [1.807, 2.05) is 11.4 Å². The second-order valence-electron chi connectivity index (χ2n) is 4.03. The molecule has 1 saturated carbocycles. The van der Waals surface area contributed by atoms with E-state index < -0.39 is 0 Å². The third-order valence-corrected chi connectivity index (χ3v) is 3.66. The summed E-state index contributed by atoms with van der Waals surface area (Å²) in [5, 5.41) is 1.88. The first-order valence-electron chi connectivity index (χ1n) is 5.46. The van der Waals surface area contributed by atoms with Gasteiger partial charge in [0.05, 0.1) is 11.5 Å². The van der Waals surface area contributed by atoms with E-state index in [1.165, 1.54) is 24.2 Å². The van der Waals surface area contributed by atoms with E-state index in [-0.39, 0.29) is 5.91 Å². The second-order valence-corrected chi connectivity index (χ2v) is 4.95.